The summed E-state index contributed by atoms with van der Waals surface area (Å²) in [5.41, 5.74) is -1.87. The van der Waals surface area contributed by atoms with Crippen LogP contribution in [-0.4, -0.2) is 22.3 Å². The van der Waals surface area contributed by atoms with Crippen LogP contribution in [0.3, 0.4) is 0 Å². The van der Waals surface area contributed by atoms with Gasteiger partial charge in [0.25, 0.3) is 0 Å². The molecule has 0 saturated carbocycles. The third-order valence-corrected chi connectivity index (χ3v) is 8.86. The number of hydrogen-bond donors (Lipinski definition) is 0. The largest absolute Gasteiger partial charge is 0.419 e. The first kappa shape index (κ1) is 33.6. The molecule has 3 aliphatic rings. The second-order valence-electron chi connectivity index (χ2n) is 11.7. The van der Waals surface area contributed by atoms with Crippen LogP contribution in [0.25, 0.3) is 50.4 Å². The van der Waals surface area contributed by atoms with E-state index < -0.39 is 53.0 Å². The van der Waals surface area contributed by atoms with Crippen LogP contribution >= 0.6 is 0 Å². The number of rotatable bonds is 2. The molecular weight excluding hydrogens is 692 g/mol. The van der Waals surface area contributed by atoms with Gasteiger partial charge in [-0.15, -0.1) is 0 Å². The highest BCUT2D eigenvalue weighted by Crippen LogP contribution is 2.51. The van der Waals surface area contributed by atoms with Gasteiger partial charge in [0.2, 0.25) is 0 Å². The molecule has 0 saturated heterocycles. The van der Waals surface area contributed by atoms with Gasteiger partial charge in [-0.25, -0.2) is 18.7 Å². The Morgan fingerprint density at radius 2 is 1.10 bits per heavy atom. The predicted octanol–water partition coefficient (Wildman–Crippen LogP) is 9.57. The summed E-state index contributed by atoms with van der Waals surface area (Å²) in [6.07, 6.45) is -10.7. The predicted molar refractivity (Wildman–Crippen MR) is 169 cm³/mol. The molecule has 1 heterocycles. The lowest BCUT2D eigenvalue weighted by atomic mass is 9.90. The molecule has 3 aliphatic carbocycles. The van der Waals surface area contributed by atoms with Gasteiger partial charge in [0, 0.05) is 28.7 Å². The third-order valence-electron chi connectivity index (χ3n) is 8.86. The van der Waals surface area contributed by atoms with E-state index in [0.717, 1.165) is 6.07 Å². The highest BCUT2D eigenvalue weighted by Gasteiger charge is 2.41. The minimum atomic E-state index is -4.98. The molecule has 0 spiro atoms. The van der Waals surface area contributed by atoms with Crippen LogP contribution in [0.15, 0.2) is 83.5 Å². The molecule has 0 fully saturated rings. The van der Waals surface area contributed by atoms with Crippen LogP contribution in [0.1, 0.15) is 40.1 Å². The normalized spacial score (nSPS) is 15.5. The van der Waals surface area contributed by atoms with E-state index in [-0.39, 0.29) is 67.3 Å². The Kier molecular flexibility index (Phi) is 7.66. The lowest BCUT2D eigenvalue weighted by Crippen LogP contribution is -2.22. The van der Waals surface area contributed by atoms with Gasteiger partial charge in [-0.2, -0.15) is 47.4 Å². The zero-order valence-corrected chi connectivity index (χ0v) is 25.8. The molecule has 52 heavy (non-hydrogen) atoms. The molecule has 3 aromatic carbocycles. The maximum absolute atomic E-state index is 14.2. The molecule has 0 N–H and O–H groups in total. The lowest BCUT2D eigenvalue weighted by molar-refractivity contribution is -0.139. The van der Waals surface area contributed by atoms with Gasteiger partial charge in [0.1, 0.15) is 58.8 Å². The summed E-state index contributed by atoms with van der Waals surface area (Å²) < 4.78 is 109. The number of hydrogen-bond acceptors (Lipinski definition) is 6. The van der Waals surface area contributed by atoms with Gasteiger partial charge in [-0.3, -0.25) is 0 Å². The fourth-order valence-electron chi connectivity index (χ4n) is 6.53. The van der Waals surface area contributed by atoms with Crippen LogP contribution in [0.5, 0.6) is 0 Å². The number of allylic oxidation sites excluding steroid dienone is 6. The van der Waals surface area contributed by atoms with E-state index in [1.807, 2.05) is 12.1 Å². The minimum absolute atomic E-state index is 0.000323. The van der Waals surface area contributed by atoms with E-state index in [4.69, 9.17) is 9.97 Å². The maximum atomic E-state index is 14.2. The standard InChI is InChI=1S/C38H14F8N6/c39-29-7-3-19(11-27(29)37(41,42)43)17-1-5-23-25(9-17)31(21(13-47)14-48)35-33(23)51-36-32(22(15-49)16-50)26-10-18(2-6-24(26)34(36)52-35)20-4-8-30(40)28(12-20)38(44,45)46/h1-7,9-12,30H,8H2. The minimum Gasteiger partial charge on any atom is -0.243 e. The van der Waals surface area contributed by atoms with Crippen molar-refractivity contribution in [2.75, 3.05) is 0 Å². The molecule has 1 atom stereocenters. The van der Waals surface area contributed by atoms with Crippen LogP contribution in [0.2, 0.25) is 0 Å². The molecule has 1 unspecified atom stereocenters. The number of nitrogens with zero attached hydrogens (tertiary/aromatic N) is 6. The Balaban J connectivity index is 1.43. The summed E-state index contributed by atoms with van der Waals surface area (Å²) in [5, 5.41) is 39.7. The van der Waals surface area contributed by atoms with E-state index in [1.54, 1.807) is 12.1 Å². The van der Waals surface area contributed by atoms with Gasteiger partial charge in [0.05, 0.1) is 22.5 Å². The zero-order chi connectivity index (χ0) is 37.3. The Labute approximate surface area is 288 Å². The van der Waals surface area contributed by atoms with Gasteiger partial charge in [-0.1, -0.05) is 36.4 Å². The Morgan fingerprint density at radius 1 is 0.615 bits per heavy atom. The molecular formula is C38H14F8N6. The molecule has 4 aromatic rings. The zero-order valence-electron chi connectivity index (χ0n) is 25.8. The van der Waals surface area contributed by atoms with Crippen molar-refractivity contribution in [1.29, 1.82) is 21.0 Å². The van der Waals surface area contributed by atoms with Crippen molar-refractivity contribution in [2.45, 2.75) is 24.9 Å². The summed E-state index contributed by atoms with van der Waals surface area (Å²) in [7, 11) is 0. The quantitative estimate of drug-likeness (QED) is 0.131. The Morgan fingerprint density at radius 3 is 1.60 bits per heavy atom. The number of aromatic nitrogens is 2. The summed E-state index contributed by atoms with van der Waals surface area (Å²) in [5.74, 6) is -1.47. The van der Waals surface area contributed by atoms with E-state index in [0.29, 0.717) is 29.3 Å². The first-order valence-electron chi connectivity index (χ1n) is 15.0. The molecule has 14 heteroatoms. The number of halogens is 8. The molecule has 0 radical (unpaired) electrons. The highest BCUT2D eigenvalue weighted by molar-refractivity contribution is 6.07. The number of benzene rings is 3. The van der Waals surface area contributed by atoms with Crippen molar-refractivity contribution in [3.8, 4) is 57.9 Å². The van der Waals surface area contributed by atoms with Crippen LogP contribution in [-0.2, 0) is 6.18 Å². The average molecular weight is 707 g/mol. The van der Waals surface area contributed by atoms with Crippen molar-refractivity contribution in [1.82, 2.24) is 9.97 Å². The Hall–Kier alpha value is -6.90. The van der Waals surface area contributed by atoms with Crippen molar-refractivity contribution in [2.24, 2.45) is 0 Å². The topological polar surface area (TPSA) is 121 Å². The van der Waals surface area contributed by atoms with Gasteiger partial charge >= 0.3 is 12.4 Å². The van der Waals surface area contributed by atoms with Gasteiger partial charge in [-0.05, 0) is 63.7 Å². The molecule has 252 valence electrons. The molecule has 7 rings (SSSR count). The third kappa shape index (κ3) is 5.21. The summed E-state index contributed by atoms with van der Waals surface area (Å²) in [4.78, 5) is 9.49. The van der Waals surface area contributed by atoms with Crippen LogP contribution < -0.4 is 0 Å². The molecule has 0 amide bonds. The number of fused-ring (bicyclic) bond motifs is 6. The highest BCUT2D eigenvalue weighted by atomic mass is 19.4. The smallest absolute Gasteiger partial charge is 0.243 e. The fraction of sp³-hybridized carbons (Fsp3) is 0.105. The van der Waals surface area contributed by atoms with Gasteiger partial charge < -0.3 is 0 Å². The summed E-state index contributed by atoms with van der Waals surface area (Å²) in [6.45, 7) is 0. The monoisotopic (exact) mass is 706 g/mol. The first-order valence-corrected chi connectivity index (χ1v) is 15.0. The molecule has 1 aromatic heterocycles. The molecule has 0 bridgehead atoms. The van der Waals surface area contributed by atoms with Crippen LogP contribution in [0.4, 0.5) is 35.1 Å². The van der Waals surface area contributed by atoms with Crippen molar-refractivity contribution >= 4 is 16.7 Å². The Bertz CT molecular complexity index is 2560. The second-order valence-corrected chi connectivity index (χ2v) is 11.7. The summed E-state index contributed by atoms with van der Waals surface area (Å²) >= 11 is 0. The molecule has 0 aliphatic heterocycles. The van der Waals surface area contributed by atoms with Crippen LogP contribution in [0, 0.1) is 51.1 Å². The van der Waals surface area contributed by atoms with Gasteiger partial charge in [0.15, 0.2) is 0 Å². The van der Waals surface area contributed by atoms with Crippen molar-refractivity contribution < 1.29 is 35.1 Å². The number of nitriles is 4. The van der Waals surface area contributed by atoms with Crippen molar-refractivity contribution in [3.63, 3.8) is 0 Å². The van der Waals surface area contributed by atoms with Crippen molar-refractivity contribution in [3.05, 3.63) is 123 Å². The average Bonchev–Trinajstić information content (AvgIpc) is 3.59. The first-order chi connectivity index (χ1) is 24.7. The maximum Gasteiger partial charge on any atom is 0.419 e. The summed E-state index contributed by atoms with van der Waals surface area (Å²) in [6, 6.07) is 18.4. The number of alkyl halides is 7. The SMILES string of the molecule is N#CC(C#N)=C1c2cc(C3=CCC(F)C(C(F)(F)F)=C3)ccc2-c2nc3c(nc21)-c1ccc(-c2ccc(F)c(C(F)(F)F)c2)cc1C3=C(C#N)C#N. The fourth-order valence-corrected chi connectivity index (χ4v) is 6.53. The van der Waals surface area contributed by atoms with E-state index >= 15 is 0 Å². The van der Waals surface area contributed by atoms with E-state index in [2.05, 4.69) is 0 Å². The second kappa shape index (κ2) is 11.9. The van der Waals surface area contributed by atoms with E-state index in [1.165, 1.54) is 42.5 Å². The molecule has 6 nitrogen and oxygen atoms in total. The van der Waals surface area contributed by atoms with E-state index in [9.17, 15) is 56.2 Å². The lowest BCUT2D eigenvalue weighted by Gasteiger charge is -2.20.